The Bertz CT molecular complexity index is 1070. The maximum absolute atomic E-state index is 13.0. The second-order valence-electron chi connectivity index (χ2n) is 8.30. The molecule has 2 aliphatic rings. The summed E-state index contributed by atoms with van der Waals surface area (Å²) in [5.41, 5.74) is 2.15. The van der Waals surface area contributed by atoms with Gasteiger partial charge < -0.3 is 5.32 Å². The largest absolute Gasteiger partial charge is 0.309 e. The maximum atomic E-state index is 13.0. The maximum Gasteiger partial charge on any atom is 0.243 e. The number of likely N-dealkylation sites (tertiary alicyclic amines) is 1. The van der Waals surface area contributed by atoms with Gasteiger partial charge in [0.05, 0.1) is 12.2 Å². The highest BCUT2D eigenvalue weighted by molar-refractivity contribution is 5.97. The highest BCUT2D eigenvalue weighted by atomic mass is 19.1. The SMILES string of the molecule is Cn1cc(-c2ccc3cnc(NC(=O)C4N(CCF)CC45CCC5)cc3c2)cn1. The van der Waals surface area contributed by atoms with Crippen molar-refractivity contribution in [2.24, 2.45) is 12.5 Å². The third kappa shape index (κ3) is 3.09. The van der Waals surface area contributed by atoms with Crippen molar-refractivity contribution in [2.45, 2.75) is 25.3 Å². The number of rotatable bonds is 5. The van der Waals surface area contributed by atoms with E-state index in [1.807, 2.05) is 42.5 Å². The summed E-state index contributed by atoms with van der Waals surface area (Å²) < 4.78 is 14.6. The van der Waals surface area contributed by atoms with Crippen LogP contribution in [0, 0.1) is 5.41 Å². The third-order valence-corrected chi connectivity index (χ3v) is 6.44. The van der Waals surface area contributed by atoms with Crippen LogP contribution in [0.4, 0.5) is 10.2 Å². The zero-order valence-electron chi connectivity index (χ0n) is 16.4. The van der Waals surface area contributed by atoms with E-state index in [0.717, 1.165) is 47.7 Å². The van der Waals surface area contributed by atoms with Crippen molar-refractivity contribution in [3.63, 3.8) is 0 Å². The first kappa shape index (κ1) is 18.2. The van der Waals surface area contributed by atoms with Crippen LogP contribution in [0.25, 0.3) is 21.9 Å². The number of nitrogens with one attached hydrogen (secondary N) is 1. The van der Waals surface area contributed by atoms with Gasteiger partial charge in [0.25, 0.3) is 0 Å². The molecule has 5 rings (SSSR count). The number of hydrogen-bond acceptors (Lipinski definition) is 4. The van der Waals surface area contributed by atoms with Crippen LogP contribution in [0.5, 0.6) is 0 Å². The number of aryl methyl sites for hydroxylation is 1. The van der Waals surface area contributed by atoms with Crippen molar-refractivity contribution in [1.82, 2.24) is 19.7 Å². The van der Waals surface area contributed by atoms with E-state index in [1.54, 1.807) is 10.9 Å². The number of amides is 1. The quantitative estimate of drug-likeness (QED) is 0.722. The fraction of sp³-hybridized carbons (Fsp3) is 0.409. The average molecular weight is 393 g/mol. The molecule has 1 aromatic carbocycles. The standard InChI is InChI=1S/C22H24FN5O/c1-27-13-18(12-25-27)15-3-4-16-11-24-19(10-17(16)9-15)26-21(29)20-22(5-2-6-22)14-28(20)8-7-23/h3-4,9-13,20H,2,5-8,14H2,1H3,(H,24,26,29). The molecule has 1 N–H and O–H groups in total. The molecule has 2 fully saturated rings. The van der Waals surface area contributed by atoms with Crippen LogP contribution in [-0.2, 0) is 11.8 Å². The summed E-state index contributed by atoms with van der Waals surface area (Å²) in [6, 6.07) is 7.80. The van der Waals surface area contributed by atoms with E-state index in [1.165, 1.54) is 0 Å². The molecular weight excluding hydrogens is 369 g/mol. The Kier molecular flexibility index (Phi) is 4.35. The third-order valence-electron chi connectivity index (χ3n) is 6.44. The van der Waals surface area contributed by atoms with Gasteiger partial charge in [-0.3, -0.25) is 14.4 Å². The lowest BCUT2D eigenvalue weighted by molar-refractivity contribution is -0.156. The molecule has 3 heterocycles. The van der Waals surface area contributed by atoms with E-state index >= 15 is 0 Å². The van der Waals surface area contributed by atoms with Crippen LogP contribution >= 0.6 is 0 Å². The van der Waals surface area contributed by atoms with Crippen molar-refractivity contribution in [3.05, 3.63) is 42.9 Å². The summed E-state index contributed by atoms with van der Waals surface area (Å²) in [7, 11) is 1.89. The molecule has 6 nitrogen and oxygen atoms in total. The number of fused-ring (bicyclic) bond motifs is 1. The van der Waals surface area contributed by atoms with E-state index in [0.29, 0.717) is 12.4 Å². The number of carbonyl (C=O) groups excluding carboxylic acids is 1. The molecule has 0 radical (unpaired) electrons. The zero-order chi connectivity index (χ0) is 20.0. The van der Waals surface area contributed by atoms with E-state index in [4.69, 9.17) is 0 Å². The van der Waals surface area contributed by atoms with Crippen LogP contribution in [0.1, 0.15) is 19.3 Å². The van der Waals surface area contributed by atoms with E-state index < -0.39 is 6.67 Å². The summed E-state index contributed by atoms with van der Waals surface area (Å²) in [4.78, 5) is 19.4. The molecule has 2 aromatic heterocycles. The molecule has 1 unspecified atom stereocenters. The van der Waals surface area contributed by atoms with E-state index in [2.05, 4.69) is 21.5 Å². The molecule has 1 atom stereocenters. The second-order valence-corrected chi connectivity index (χ2v) is 8.30. The minimum absolute atomic E-state index is 0.0452. The normalized spacial score (nSPS) is 20.4. The van der Waals surface area contributed by atoms with Gasteiger partial charge in [0.15, 0.2) is 0 Å². The van der Waals surface area contributed by atoms with Crippen molar-refractivity contribution in [2.75, 3.05) is 25.1 Å². The first-order valence-electron chi connectivity index (χ1n) is 10.1. The minimum Gasteiger partial charge on any atom is -0.309 e. The number of nitrogens with zero attached hydrogens (tertiary/aromatic N) is 4. The van der Waals surface area contributed by atoms with Crippen molar-refractivity contribution >= 4 is 22.5 Å². The molecule has 1 saturated carbocycles. The number of alkyl halides is 1. The van der Waals surface area contributed by atoms with Gasteiger partial charge in [-0.15, -0.1) is 0 Å². The van der Waals surface area contributed by atoms with Gasteiger partial charge in [-0.1, -0.05) is 18.6 Å². The monoisotopic (exact) mass is 393 g/mol. The van der Waals surface area contributed by atoms with Gasteiger partial charge in [-0.2, -0.15) is 5.10 Å². The predicted molar refractivity (Wildman–Crippen MR) is 110 cm³/mol. The number of benzene rings is 1. The summed E-state index contributed by atoms with van der Waals surface area (Å²) in [5, 5.41) is 9.22. The molecule has 0 bridgehead atoms. The van der Waals surface area contributed by atoms with Crippen LogP contribution in [0.3, 0.4) is 0 Å². The Balaban J connectivity index is 1.39. The van der Waals surface area contributed by atoms with Gasteiger partial charge in [0.2, 0.25) is 5.91 Å². The Hall–Kier alpha value is -2.80. The number of halogens is 1. The highest BCUT2D eigenvalue weighted by Crippen LogP contribution is 2.53. The van der Waals surface area contributed by atoms with Crippen molar-refractivity contribution < 1.29 is 9.18 Å². The number of carbonyl (C=O) groups is 1. The van der Waals surface area contributed by atoms with E-state index in [9.17, 15) is 9.18 Å². The zero-order valence-corrected chi connectivity index (χ0v) is 16.4. The molecule has 1 aliphatic carbocycles. The summed E-state index contributed by atoms with van der Waals surface area (Å²) in [6.45, 7) is 0.722. The lowest BCUT2D eigenvalue weighted by atomic mass is 9.58. The summed E-state index contributed by atoms with van der Waals surface area (Å²) >= 11 is 0. The lowest BCUT2D eigenvalue weighted by Gasteiger charge is -2.61. The Morgan fingerprint density at radius 2 is 2.10 bits per heavy atom. The van der Waals surface area contributed by atoms with Crippen molar-refractivity contribution in [3.8, 4) is 11.1 Å². The van der Waals surface area contributed by atoms with Crippen LogP contribution < -0.4 is 5.32 Å². The van der Waals surface area contributed by atoms with Crippen LogP contribution in [-0.4, -0.2) is 51.4 Å². The van der Waals surface area contributed by atoms with Gasteiger partial charge in [0.1, 0.15) is 12.5 Å². The number of pyridine rings is 1. The summed E-state index contributed by atoms with van der Waals surface area (Å²) in [6.07, 6.45) is 8.83. The van der Waals surface area contributed by atoms with E-state index in [-0.39, 0.29) is 17.4 Å². The Morgan fingerprint density at radius 1 is 1.24 bits per heavy atom. The molecular formula is C22H24FN5O. The smallest absolute Gasteiger partial charge is 0.243 e. The molecule has 7 heteroatoms. The number of hydrogen-bond donors (Lipinski definition) is 1. The number of anilines is 1. The Labute approximate surface area is 168 Å². The van der Waals surface area contributed by atoms with Gasteiger partial charge in [-0.05, 0) is 35.9 Å². The van der Waals surface area contributed by atoms with Crippen molar-refractivity contribution in [1.29, 1.82) is 0 Å². The molecule has 1 saturated heterocycles. The second kappa shape index (κ2) is 6.91. The van der Waals surface area contributed by atoms with Gasteiger partial charge >= 0.3 is 0 Å². The highest BCUT2D eigenvalue weighted by Gasteiger charge is 2.58. The molecule has 1 aliphatic heterocycles. The fourth-order valence-electron chi connectivity index (χ4n) is 4.83. The molecule has 1 spiro atoms. The predicted octanol–water partition coefficient (Wildman–Crippen LogP) is 3.40. The van der Waals surface area contributed by atoms with Crippen LogP contribution in [0.2, 0.25) is 0 Å². The summed E-state index contributed by atoms with van der Waals surface area (Å²) in [5.74, 6) is 0.465. The first-order chi connectivity index (χ1) is 14.1. The topological polar surface area (TPSA) is 63.1 Å². The fourth-order valence-corrected chi connectivity index (χ4v) is 4.83. The Morgan fingerprint density at radius 3 is 2.79 bits per heavy atom. The minimum atomic E-state index is -0.425. The molecule has 1 amide bonds. The molecule has 29 heavy (non-hydrogen) atoms. The lowest BCUT2D eigenvalue weighted by Crippen LogP contribution is -2.71. The number of aromatic nitrogens is 3. The molecule has 3 aromatic rings. The van der Waals surface area contributed by atoms with Gasteiger partial charge in [-0.25, -0.2) is 9.37 Å². The molecule has 150 valence electrons. The first-order valence-corrected chi connectivity index (χ1v) is 10.1. The average Bonchev–Trinajstić information content (AvgIpc) is 3.09. The van der Waals surface area contributed by atoms with Gasteiger partial charge in [0, 0.05) is 48.9 Å². The van der Waals surface area contributed by atoms with Crippen LogP contribution in [0.15, 0.2) is 42.9 Å².